The van der Waals surface area contributed by atoms with Crippen LogP contribution in [0.5, 0.6) is 5.75 Å². The summed E-state index contributed by atoms with van der Waals surface area (Å²) >= 11 is 1.48. The molecular weight excluding hydrogens is 590 g/mol. The Bertz CT molecular complexity index is 1450. The Labute approximate surface area is 258 Å². The summed E-state index contributed by atoms with van der Waals surface area (Å²) < 4.78 is 48.3. The molecule has 1 unspecified atom stereocenters. The average molecular weight is 630 g/mol. The molecule has 3 aromatic rings. The van der Waals surface area contributed by atoms with E-state index >= 15 is 0 Å². The number of benzene rings is 3. The van der Waals surface area contributed by atoms with Crippen LogP contribution >= 0.6 is 11.8 Å². The number of nitrogens with one attached hydrogen (secondary N) is 1. The standard InChI is InChI=1S/C32H40FN3O5S2/c1-6-30(32(38)34-20-23(3)4)35(21-24-8-10-25(33)11-9-24)31(37)22-36(26-12-14-27(15-13-26)41-7-2)43(39,40)29-18-16-28(42-5)17-19-29/h8-19,23,30H,6-7,20-22H2,1-5H3,(H,34,38). The van der Waals surface area contributed by atoms with Gasteiger partial charge in [0.15, 0.2) is 0 Å². The number of halogens is 1. The van der Waals surface area contributed by atoms with Gasteiger partial charge in [-0.3, -0.25) is 13.9 Å². The van der Waals surface area contributed by atoms with Crippen molar-refractivity contribution >= 4 is 39.3 Å². The molecule has 8 nitrogen and oxygen atoms in total. The minimum Gasteiger partial charge on any atom is -0.494 e. The fourth-order valence-electron chi connectivity index (χ4n) is 4.41. The number of carbonyl (C=O) groups is 2. The summed E-state index contributed by atoms with van der Waals surface area (Å²) in [7, 11) is -4.20. The van der Waals surface area contributed by atoms with Crippen LogP contribution in [0.25, 0.3) is 0 Å². The lowest BCUT2D eigenvalue weighted by Crippen LogP contribution is -2.52. The molecule has 0 aliphatic carbocycles. The van der Waals surface area contributed by atoms with Crippen LogP contribution in [0.4, 0.5) is 10.1 Å². The molecule has 1 N–H and O–H groups in total. The van der Waals surface area contributed by atoms with Crippen LogP contribution in [0.15, 0.2) is 82.6 Å². The number of amides is 2. The Kier molecular flexibility index (Phi) is 12.4. The molecular formula is C32H40FN3O5S2. The second kappa shape index (κ2) is 15.8. The van der Waals surface area contributed by atoms with Crippen molar-refractivity contribution < 1.29 is 27.1 Å². The molecule has 232 valence electrons. The van der Waals surface area contributed by atoms with E-state index in [0.29, 0.717) is 30.9 Å². The molecule has 0 aliphatic rings. The number of sulfonamides is 1. The third kappa shape index (κ3) is 9.21. The van der Waals surface area contributed by atoms with E-state index in [-0.39, 0.29) is 29.0 Å². The highest BCUT2D eigenvalue weighted by atomic mass is 32.2. The molecule has 0 bridgehead atoms. The maximum absolute atomic E-state index is 14.1. The largest absolute Gasteiger partial charge is 0.494 e. The van der Waals surface area contributed by atoms with E-state index in [2.05, 4.69) is 5.32 Å². The zero-order valence-electron chi connectivity index (χ0n) is 25.2. The van der Waals surface area contributed by atoms with Gasteiger partial charge in [-0.15, -0.1) is 11.8 Å². The minimum absolute atomic E-state index is 0.00763. The topological polar surface area (TPSA) is 96.0 Å². The summed E-state index contributed by atoms with van der Waals surface area (Å²) in [6.45, 7) is 7.87. The summed E-state index contributed by atoms with van der Waals surface area (Å²) in [6.07, 6.45) is 2.19. The predicted octanol–water partition coefficient (Wildman–Crippen LogP) is 5.72. The van der Waals surface area contributed by atoms with Crippen LogP contribution in [0.1, 0.15) is 39.7 Å². The van der Waals surface area contributed by atoms with Crippen molar-refractivity contribution in [1.82, 2.24) is 10.2 Å². The Balaban J connectivity index is 2.05. The Morgan fingerprint density at radius 1 is 0.953 bits per heavy atom. The zero-order chi connectivity index (χ0) is 31.6. The number of nitrogens with zero attached hydrogens (tertiary/aromatic N) is 2. The maximum atomic E-state index is 14.1. The van der Waals surface area contributed by atoms with Crippen molar-refractivity contribution in [1.29, 1.82) is 0 Å². The van der Waals surface area contributed by atoms with Crippen LogP contribution in [-0.2, 0) is 26.2 Å². The molecule has 0 aliphatic heterocycles. The monoisotopic (exact) mass is 629 g/mol. The first kappa shape index (κ1) is 33.9. The Morgan fingerprint density at radius 3 is 2.12 bits per heavy atom. The molecule has 11 heteroatoms. The lowest BCUT2D eigenvalue weighted by molar-refractivity contribution is -0.140. The quantitative estimate of drug-likeness (QED) is 0.216. The first-order valence-electron chi connectivity index (χ1n) is 14.2. The normalized spacial score (nSPS) is 12.1. The van der Waals surface area contributed by atoms with Gasteiger partial charge in [0.1, 0.15) is 24.2 Å². The van der Waals surface area contributed by atoms with Gasteiger partial charge in [0.25, 0.3) is 10.0 Å². The summed E-state index contributed by atoms with van der Waals surface area (Å²) in [5.41, 5.74) is 0.873. The average Bonchev–Trinajstić information content (AvgIpc) is 3.00. The first-order chi connectivity index (χ1) is 20.5. The van der Waals surface area contributed by atoms with Crippen molar-refractivity contribution in [3.05, 3.63) is 84.2 Å². The van der Waals surface area contributed by atoms with Gasteiger partial charge < -0.3 is 15.0 Å². The van der Waals surface area contributed by atoms with E-state index in [0.717, 1.165) is 9.20 Å². The van der Waals surface area contributed by atoms with E-state index in [1.165, 1.54) is 40.9 Å². The zero-order valence-corrected chi connectivity index (χ0v) is 26.9. The number of rotatable bonds is 15. The first-order valence-corrected chi connectivity index (χ1v) is 16.9. The van der Waals surface area contributed by atoms with Crippen molar-refractivity contribution in [3.63, 3.8) is 0 Å². The third-order valence-electron chi connectivity index (χ3n) is 6.70. The van der Waals surface area contributed by atoms with Crippen LogP contribution in [0, 0.1) is 11.7 Å². The van der Waals surface area contributed by atoms with Gasteiger partial charge >= 0.3 is 0 Å². The number of ether oxygens (including phenoxy) is 1. The highest BCUT2D eigenvalue weighted by Crippen LogP contribution is 2.28. The smallest absolute Gasteiger partial charge is 0.264 e. The fourth-order valence-corrected chi connectivity index (χ4v) is 6.23. The number of hydrogen-bond acceptors (Lipinski definition) is 6. The van der Waals surface area contributed by atoms with E-state index in [4.69, 9.17) is 4.74 Å². The SMILES string of the molecule is CCOc1ccc(N(CC(=O)N(Cc2ccc(F)cc2)C(CC)C(=O)NCC(C)C)S(=O)(=O)c2ccc(SC)cc2)cc1. The van der Waals surface area contributed by atoms with Gasteiger partial charge in [0.05, 0.1) is 17.2 Å². The fraction of sp³-hybridized carbons (Fsp3) is 0.375. The van der Waals surface area contributed by atoms with Crippen molar-refractivity contribution in [2.75, 3.05) is 30.3 Å². The molecule has 0 spiro atoms. The third-order valence-corrected chi connectivity index (χ3v) is 9.23. The summed E-state index contributed by atoms with van der Waals surface area (Å²) in [4.78, 5) is 29.7. The molecule has 0 aromatic heterocycles. The maximum Gasteiger partial charge on any atom is 0.264 e. The molecule has 0 radical (unpaired) electrons. The molecule has 0 heterocycles. The Hall–Kier alpha value is -3.57. The van der Waals surface area contributed by atoms with E-state index < -0.39 is 34.3 Å². The number of carbonyl (C=O) groups excluding carboxylic acids is 2. The summed E-state index contributed by atoms with van der Waals surface area (Å²) in [5, 5.41) is 2.89. The molecule has 3 rings (SSSR count). The van der Waals surface area contributed by atoms with Crippen LogP contribution in [0.3, 0.4) is 0 Å². The van der Waals surface area contributed by atoms with Gasteiger partial charge in [-0.05, 0) is 91.7 Å². The lowest BCUT2D eigenvalue weighted by Gasteiger charge is -2.33. The predicted molar refractivity (Wildman–Crippen MR) is 169 cm³/mol. The molecule has 3 aromatic carbocycles. The van der Waals surface area contributed by atoms with Gasteiger partial charge in [-0.2, -0.15) is 0 Å². The van der Waals surface area contributed by atoms with E-state index in [1.807, 2.05) is 27.0 Å². The van der Waals surface area contributed by atoms with Crippen molar-refractivity contribution in [2.24, 2.45) is 5.92 Å². The van der Waals surface area contributed by atoms with Gasteiger partial charge in [0.2, 0.25) is 11.8 Å². The summed E-state index contributed by atoms with van der Waals surface area (Å²) in [6, 6.07) is 17.7. The molecule has 1 atom stereocenters. The van der Waals surface area contributed by atoms with E-state index in [9.17, 15) is 22.4 Å². The number of hydrogen-bond donors (Lipinski definition) is 1. The number of anilines is 1. The van der Waals surface area contributed by atoms with Crippen LogP contribution < -0.4 is 14.4 Å². The van der Waals surface area contributed by atoms with Crippen molar-refractivity contribution in [3.8, 4) is 5.75 Å². The summed E-state index contributed by atoms with van der Waals surface area (Å²) in [5.74, 6) is -0.585. The van der Waals surface area contributed by atoms with E-state index in [1.54, 1.807) is 55.5 Å². The van der Waals surface area contributed by atoms with Crippen LogP contribution in [0.2, 0.25) is 0 Å². The van der Waals surface area contributed by atoms with Gasteiger partial charge in [0, 0.05) is 18.0 Å². The molecule has 2 amide bonds. The van der Waals surface area contributed by atoms with Gasteiger partial charge in [-0.25, -0.2) is 12.8 Å². The molecule has 0 fully saturated rings. The Morgan fingerprint density at radius 2 is 1.58 bits per heavy atom. The van der Waals surface area contributed by atoms with Crippen LogP contribution in [-0.4, -0.2) is 57.1 Å². The second-order valence-corrected chi connectivity index (χ2v) is 13.1. The van der Waals surface area contributed by atoms with Gasteiger partial charge in [-0.1, -0.05) is 32.9 Å². The minimum atomic E-state index is -4.20. The molecule has 0 saturated carbocycles. The number of thioether (sulfide) groups is 1. The van der Waals surface area contributed by atoms with Crippen molar-refractivity contribution in [2.45, 2.75) is 56.5 Å². The second-order valence-electron chi connectivity index (χ2n) is 10.3. The highest BCUT2D eigenvalue weighted by Gasteiger charge is 2.33. The molecule has 43 heavy (non-hydrogen) atoms. The molecule has 0 saturated heterocycles. The lowest BCUT2D eigenvalue weighted by atomic mass is 10.1. The highest BCUT2D eigenvalue weighted by molar-refractivity contribution is 7.98.